The molecule has 10 heteroatoms. The number of H-pyrrole nitrogens is 1. The van der Waals surface area contributed by atoms with Crippen LogP contribution in [0.5, 0.6) is 0 Å². The number of hydrogen-bond acceptors (Lipinski definition) is 6. The molecule has 1 aliphatic heterocycles. The van der Waals surface area contributed by atoms with Crippen LogP contribution in [0, 0.1) is 5.92 Å². The molecule has 5 rings (SSSR count). The first-order valence-corrected chi connectivity index (χ1v) is 14.4. The number of nitrogens with zero attached hydrogens (tertiary/aromatic N) is 4. The fourth-order valence-electron chi connectivity index (χ4n) is 5.27. The summed E-state index contributed by atoms with van der Waals surface area (Å²) in [6, 6.07) is 7.15. The van der Waals surface area contributed by atoms with Crippen LogP contribution in [0.25, 0.3) is 22.2 Å². The van der Waals surface area contributed by atoms with Gasteiger partial charge in [-0.2, -0.15) is 13.8 Å². The summed E-state index contributed by atoms with van der Waals surface area (Å²) in [6.45, 7) is 4.30. The van der Waals surface area contributed by atoms with Gasteiger partial charge in [-0.3, -0.25) is 4.79 Å². The highest BCUT2D eigenvalue weighted by atomic mass is 19.3. The van der Waals surface area contributed by atoms with Gasteiger partial charge in [0.2, 0.25) is 5.95 Å². The van der Waals surface area contributed by atoms with Gasteiger partial charge >= 0.3 is 6.61 Å². The topological polar surface area (TPSA) is 86.4 Å². The lowest BCUT2D eigenvalue weighted by Crippen LogP contribution is -2.47. The van der Waals surface area contributed by atoms with Gasteiger partial charge in [0.15, 0.2) is 0 Å². The van der Waals surface area contributed by atoms with Gasteiger partial charge < -0.3 is 24.8 Å². The van der Waals surface area contributed by atoms with Gasteiger partial charge in [-0.1, -0.05) is 57.6 Å². The first-order valence-electron chi connectivity index (χ1n) is 14.4. The van der Waals surface area contributed by atoms with E-state index in [0.717, 1.165) is 48.6 Å². The largest absolute Gasteiger partial charge is 0.349 e. The number of halogens is 2. The number of piperazine rings is 1. The Morgan fingerprint density at radius 1 is 1.15 bits per heavy atom. The number of amides is 1. The highest BCUT2D eigenvalue weighted by Gasteiger charge is 2.20. The Morgan fingerprint density at radius 2 is 1.85 bits per heavy atom. The third kappa shape index (κ3) is 8.20. The van der Waals surface area contributed by atoms with Gasteiger partial charge in [-0.25, -0.2) is 4.98 Å². The van der Waals surface area contributed by atoms with E-state index in [9.17, 15) is 13.6 Å². The molecule has 2 fully saturated rings. The summed E-state index contributed by atoms with van der Waals surface area (Å²) in [5, 5.41) is 3.77. The van der Waals surface area contributed by atoms with Crippen molar-refractivity contribution in [3.8, 4) is 11.1 Å². The van der Waals surface area contributed by atoms with Gasteiger partial charge in [-0.05, 0) is 37.6 Å². The van der Waals surface area contributed by atoms with Crippen molar-refractivity contribution in [3.05, 3.63) is 42.2 Å². The predicted octanol–water partition coefficient (Wildman–Crippen LogP) is 6.27. The van der Waals surface area contributed by atoms with Gasteiger partial charge in [0.25, 0.3) is 5.91 Å². The molecule has 2 aromatic heterocycles. The van der Waals surface area contributed by atoms with Crippen molar-refractivity contribution < 1.29 is 19.7 Å². The molecule has 1 atom stereocenters. The van der Waals surface area contributed by atoms with Crippen molar-refractivity contribution in [2.24, 2.45) is 5.92 Å². The van der Waals surface area contributed by atoms with Crippen LogP contribution >= 0.6 is 0 Å². The normalized spacial score (nSPS) is 17.5. The Labute approximate surface area is 237 Å². The molecule has 2 N–H and O–H groups in total. The van der Waals surface area contributed by atoms with E-state index < -0.39 is 6.61 Å². The average molecular weight is 559 g/mol. The van der Waals surface area contributed by atoms with Crippen LogP contribution in [0.15, 0.2) is 36.7 Å². The van der Waals surface area contributed by atoms with Crippen LogP contribution in [0.4, 0.5) is 14.7 Å². The number of ether oxygens (including phenoxy) is 1. The highest BCUT2D eigenvalue weighted by molar-refractivity contribution is 5.97. The summed E-state index contributed by atoms with van der Waals surface area (Å²) in [5.41, 5.74) is 3.14. The summed E-state index contributed by atoms with van der Waals surface area (Å²) < 4.78 is 28.7. The molecule has 3 aromatic rings. The molecule has 8 nitrogen and oxygen atoms in total. The van der Waals surface area contributed by atoms with Crippen LogP contribution < -0.4 is 5.32 Å². The fraction of sp³-hybridized carbons (Fsp3) is 0.567. The number of likely N-dealkylation sites (N-methyl/N-ethyl adjacent to an activating group) is 1. The third-order valence-electron chi connectivity index (χ3n) is 7.82. The monoisotopic (exact) mass is 558 g/mol. The summed E-state index contributed by atoms with van der Waals surface area (Å²) >= 11 is 0. The predicted molar refractivity (Wildman–Crippen MR) is 157 cm³/mol. The molecule has 0 bridgehead atoms. The highest BCUT2D eigenvalue weighted by Crippen LogP contribution is 2.28. The van der Waals surface area contributed by atoms with E-state index in [4.69, 9.17) is 0 Å². The minimum absolute atomic E-state index is 0. The Bertz CT molecular complexity index is 1210. The lowest BCUT2D eigenvalue weighted by atomic mass is 9.88. The number of hydrogen-bond donors (Lipinski definition) is 2. The summed E-state index contributed by atoms with van der Waals surface area (Å²) in [6.07, 6.45) is 12.4. The lowest BCUT2D eigenvalue weighted by Gasteiger charge is -2.32. The molecular weight excluding hydrogens is 514 g/mol. The zero-order valence-electron chi connectivity index (χ0n) is 23.8. The summed E-state index contributed by atoms with van der Waals surface area (Å²) in [7, 11) is 2.06. The average Bonchev–Trinajstić information content (AvgIpc) is 3.40. The molecule has 0 spiro atoms. The molecule has 3 heterocycles. The van der Waals surface area contributed by atoms with Crippen molar-refractivity contribution in [2.45, 2.75) is 65.0 Å². The molecule has 40 heavy (non-hydrogen) atoms. The third-order valence-corrected chi connectivity index (χ3v) is 7.82. The summed E-state index contributed by atoms with van der Waals surface area (Å²) in [4.78, 5) is 28.7. The van der Waals surface area contributed by atoms with Gasteiger partial charge in [0, 0.05) is 62.6 Å². The van der Waals surface area contributed by atoms with Crippen molar-refractivity contribution >= 4 is 22.9 Å². The van der Waals surface area contributed by atoms with E-state index in [1.807, 2.05) is 35.4 Å². The van der Waals surface area contributed by atoms with E-state index in [2.05, 4.69) is 43.9 Å². The minimum atomic E-state index is -2.81. The van der Waals surface area contributed by atoms with Crippen LogP contribution in [0.2, 0.25) is 0 Å². The second kappa shape index (κ2) is 14.5. The van der Waals surface area contributed by atoms with Gasteiger partial charge in [0.05, 0.1) is 6.61 Å². The standard InChI is InChI=1S/C22H26F2N6O2.C8H16.H2/c1-14(13-32-21(23)24)27-22-26-12-18-17(11-25-19(18)28-22)15-3-5-16(6-4-15)20(31)30-9-7-29(2)8-10-30;1-2-8-6-4-3-5-7-8;/h3-6,11-12,14,21H,7-10,13H2,1-2H3,(H2,25,26,27,28);8H,2-7H2,1H3;1H/t14-;;/m0../s1. The van der Waals surface area contributed by atoms with Gasteiger partial charge in [-0.15, -0.1) is 0 Å². The first kappa shape index (κ1) is 29.9. The SMILES string of the molecule is CCC1CCCCC1.C[C@@H](COC(F)F)Nc1ncc2c(-c3ccc(C(=O)N4CCN(C)CC4)cc3)c[nH]c2n1.[HH]. The number of rotatable bonds is 8. The Kier molecular flexibility index (Phi) is 10.8. The maximum Gasteiger partial charge on any atom is 0.345 e. The van der Waals surface area contributed by atoms with E-state index in [0.29, 0.717) is 17.2 Å². The molecule has 220 valence electrons. The second-order valence-corrected chi connectivity index (χ2v) is 10.9. The molecule has 1 saturated heterocycles. The molecular formula is C30H44F2N6O2. The number of aromatic nitrogens is 3. The number of carbonyl (C=O) groups is 1. The molecule has 0 unspecified atom stereocenters. The van der Waals surface area contributed by atoms with Crippen molar-refractivity contribution in [2.75, 3.05) is 45.2 Å². The van der Waals surface area contributed by atoms with Crippen molar-refractivity contribution in [1.82, 2.24) is 24.8 Å². The van der Waals surface area contributed by atoms with Gasteiger partial charge in [0.1, 0.15) is 5.65 Å². The Balaban J connectivity index is 0.000000444. The Morgan fingerprint density at radius 3 is 2.48 bits per heavy atom. The zero-order chi connectivity index (χ0) is 28.5. The smallest absolute Gasteiger partial charge is 0.345 e. The van der Waals surface area contributed by atoms with Crippen LogP contribution in [0.1, 0.15) is 64.2 Å². The van der Waals surface area contributed by atoms with Crippen LogP contribution in [-0.2, 0) is 4.74 Å². The minimum Gasteiger partial charge on any atom is -0.349 e. The number of aromatic amines is 1. The number of benzene rings is 1. The lowest BCUT2D eigenvalue weighted by molar-refractivity contribution is -0.130. The Hall–Kier alpha value is -3.11. The van der Waals surface area contributed by atoms with Crippen LogP contribution in [0.3, 0.4) is 0 Å². The first-order chi connectivity index (χ1) is 19.3. The molecule has 1 aliphatic carbocycles. The molecule has 2 aliphatic rings. The number of nitrogens with one attached hydrogen (secondary N) is 2. The van der Waals surface area contributed by atoms with E-state index in [-0.39, 0.29) is 20.0 Å². The van der Waals surface area contributed by atoms with Crippen molar-refractivity contribution in [3.63, 3.8) is 0 Å². The maximum absolute atomic E-state index is 12.7. The fourth-order valence-corrected chi connectivity index (χ4v) is 5.27. The molecule has 1 saturated carbocycles. The van der Waals surface area contributed by atoms with Crippen LogP contribution in [-0.4, -0.2) is 83.1 Å². The molecule has 0 radical (unpaired) electrons. The molecule has 1 amide bonds. The molecule has 1 aromatic carbocycles. The van der Waals surface area contributed by atoms with Crippen molar-refractivity contribution in [1.29, 1.82) is 0 Å². The number of anilines is 1. The zero-order valence-corrected chi connectivity index (χ0v) is 23.8. The van der Waals surface area contributed by atoms with E-state index in [1.54, 1.807) is 13.1 Å². The summed E-state index contributed by atoms with van der Waals surface area (Å²) in [5.74, 6) is 1.46. The van der Waals surface area contributed by atoms with E-state index >= 15 is 0 Å². The number of fused-ring (bicyclic) bond motifs is 1. The second-order valence-electron chi connectivity index (χ2n) is 10.9. The maximum atomic E-state index is 12.7. The quantitative estimate of drug-likeness (QED) is 0.339. The van der Waals surface area contributed by atoms with E-state index in [1.165, 1.54) is 38.5 Å². The number of alkyl halides is 2. The number of carbonyl (C=O) groups excluding carboxylic acids is 1.